The van der Waals surface area contributed by atoms with Crippen molar-refractivity contribution < 1.29 is 23.9 Å². The maximum Gasteiger partial charge on any atom is 0.417 e. The van der Waals surface area contributed by atoms with Crippen LogP contribution in [-0.2, 0) is 25.5 Å². The fourth-order valence-corrected chi connectivity index (χ4v) is 2.76. The van der Waals surface area contributed by atoms with E-state index in [4.69, 9.17) is 9.47 Å². The van der Waals surface area contributed by atoms with Gasteiger partial charge >= 0.3 is 12.1 Å². The van der Waals surface area contributed by atoms with Gasteiger partial charge in [0.2, 0.25) is 5.91 Å². The fourth-order valence-electron chi connectivity index (χ4n) is 2.76. The molecule has 1 fully saturated rings. The Kier molecular flexibility index (Phi) is 5.26. The highest BCUT2D eigenvalue weighted by molar-refractivity contribution is 6.00. The van der Waals surface area contributed by atoms with Gasteiger partial charge in [-0.05, 0) is 39.2 Å². The van der Waals surface area contributed by atoms with Gasteiger partial charge in [-0.1, -0.05) is 30.3 Å². The van der Waals surface area contributed by atoms with Crippen LogP contribution in [0.4, 0.5) is 4.79 Å². The SMILES string of the molecule is COC(=O)[C@@H]1C[C@@H](Cc2ccccc2)C(=O)N1C(=O)OC(C)(C)C. The summed E-state index contributed by atoms with van der Waals surface area (Å²) in [5.74, 6) is -1.46. The van der Waals surface area contributed by atoms with E-state index in [1.54, 1.807) is 20.8 Å². The molecule has 0 unspecified atom stereocenters. The van der Waals surface area contributed by atoms with E-state index in [1.807, 2.05) is 30.3 Å². The second-order valence-corrected chi connectivity index (χ2v) is 6.85. The van der Waals surface area contributed by atoms with Crippen molar-refractivity contribution in [2.24, 2.45) is 5.92 Å². The number of ether oxygens (including phenoxy) is 2. The van der Waals surface area contributed by atoms with Crippen molar-refractivity contribution in [3.63, 3.8) is 0 Å². The van der Waals surface area contributed by atoms with Crippen LogP contribution in [0.1, 0.15) is 32.8 Å². The highest BCUT2D eigenvalue weighted by atomic mass is 16.6. The largest absolute Gasteiger partial charge is 0.467 e. The molecule has 0 aliphatic carbocycles. The molecule has 2 rings (SSSR count). The molecule has 1 aliphatic heterocycles. The van der Waals surface area contributed by atoms with Gasteiger partial charge in [-0.3, -0.25) is 4.79 Å². The number of likely N-dealkylation sites (tertiary alicyclic amines) is 1. The average molecular weight is 333 g/mol. The summed E-state index contributed by atoms with van der Waals surface area (Å²) >= 11 is 0. The van der Waals surface area contributed by atoms with Gasteiger partial charge in [0.15, 0.2) is 0 Å². The highest BCUT2D eigenvalue weighted by Gasteiger charge is 2.48. The summed E-state index contributed by atoms with van der Waals surface area (Å²) in [5, 5.41) is 0. The summed E-state index contributed by atoms with van der Waals surface area (Å²) in [6.07, 6.45) is -0.106. The van der Waals surface area contributed by atoms with Gasteiger partial charge in [0.1, 0.15) is 11.6 Å². The van der Waals surface area contributed by atoms with Crippen molar-refractivity contribution in [1.29, 1.82) is 0 Å². The number of benzene rings is 1. The molecule has 24 heavy (non-hydrogen) atoms. The van der Waals surface area contributed by atoms with Gasteiger partial charge in [-0.15, -0.1) is 0 Å². The lowest BCUT2D eigenvalue weighted by molar-refractivity contribution is -0.148. The van der Waals surface area contributed by atoms with E-state index in [-0.39, 0.29) is 6.42 Å². The fraction of sp³-hybridized carbons (Fsp3) is 0.500. The molecule has 2 amide bonds. The highest BCUT2D eigenvalue weighted by Crippen LogP contribution is 2.30. The predicted octanol–water partition coefficient (Wildman–Crippen LogP) is 2.55. The van der Waals surface area contributed by atoms with Gasteiger partial charge in [0.25, 0.3) is 0 Å². The number of esters is 1. The molecule has 0 N–H and O–H groups in total. The van der Waals surface area contributed by atoms with Gasteiger partial charge in [0.05, 0.1) is 7.11 Å². The summed E-state index contributed by atoms with van der Waals surface area (Å²) in [7, 11) is 1.24. The Bertz CT molecular complexity index is 620. The number of hydrogen-bond donors (Lipinski definition) is 0. The molecular formula is C18H23NO5. The zero-order valence-corrected chi connectivity index (χ0v) is 14.4. The number of carbonyl (C=O) groups is 3. The van der Waals surface area contributed by atoms with Crippen LogP contribution in [0.2, 0.25) is 0 Å². The quantitative estimate of drug-likeness (QED) is 0.795. The molecule has 0 spiro atoms. The Hall–Kier alpha value is -2.37. The molecule has 6 nitrogen and oxygen atoms in total. The number of imide groups is 1. The number of nitrogens with zero attached hydrogens (tertiary/aromatic N) is 1. The number of carbonyl (C=O) groups excluding carboxylic acids is 3. The van der Waals surface area contributed by atoms with Crippen LogP contribution in [-0.4, -0.2) is 41.6 Å². The topological polar surface area (TPSA) is 72.9 Å². The minimum Gasteiger partial charge on any atom is -0.467 e. The first-order valence-electron chi connectivity index (χ1n) is 7.90. The maximum absolute atomic E-state index is 12.7. The van der Waals surface area contributed by atoms with Crippen molar-refractivity contribution in [1.82, 2.24) is 4.90 Å². The van der Waals surface area contributed by atoms with Crippen LogP contribution >= 0.6 is 0 Å². The minimum atomic E-state index is -0.939. The van der Waals surface area contributed by atoms with E-state index in [1.165, 1.54) is 7.11 Å². The Morgan fingerprint density at radius 1 is 1.21 bits per heavy atom. The van der Waals surface area contributed by atoms with Crippen LogP contribution < -0.4 is 0 Å². The first-order chi connectivity index (χ1) is 11.2. The van der Waals surface area contributed by atoms with Crippen LogP contribution in [0, 0.1) is 5.92 Å². The van der Waals surface area contributed by atoms with E-state index >= 15 is 0 Å². The third-order valence-electron chi connectivity index (χ3n) is 3.79. The maximum atomic E-state index is 12.7. The van der Waals surface area contributed by atoms with Crippen molar-refractivity contribution in [3.05, 3.63) is 35.9 Å². The molecule has 6 heteroatoms. The zero-order valence-electron chi connectivity index (χ0n) is 14.4. The van der Waals surface area contributed by atoms with E-state index in [2.05, 4.69) is 0 Å². The number of methoxy groups -OCH3 is 1. The number of amides is 2. The molecule has 130 valence electrons. The van der Waals surface area contributed by atoms with E-state index in [0.29, 0.717) is 6.42 Å². The summed E-state index contributed by atoms with van der Waals surface area (Å²) in [6.45, 7) is 5.13. The summed E-state index contributed by atoms with van der Waals surface area (Å²) in [4.78, 5) is 38.0. The standard InChI is InChI=1S/C18H23NO5/c1-18(2,3)24-17(22)19-14(16(21)23-4)11-13(15(19)20)10-12-8-6-5-7-9-12/h5-9,13-14H,10-11H2,1-4H3/t13-,14+/m1/s1. The Morgan fingerprint density at radius 3 is 2.38 bits per heavy atom. The Labute approximate surface area is 141 Å². The molecule has 1 heterocycles. The van der Waals surface area contributed by atoms with Crippen molar-refractivity contribution in [2.75, 3.05) is 7.11 Å². The zero-order chi connectivity index (χ0) is 17.9. The number of rotatable bonds is 3. The van der Waals surface area contributed by atoms with E-state index < -0.39 is 35.5 Å². The first-order valence-corrected chi connectivity index (χ1v) is 7.90. The third kappa shape index (κ3) is 4.13. The minimum absolute atomic E-state index is 0.236. The molecule has 1 aromatic rings. The van der Waals surface area contributed by atoms with Crippen LogP contribution in [0.15, 0.2) is 30.3 Å². The third-order valence-corrected chi connectivity index (χ3v) is 3.79. The van der Waals surface area contributed by atoms with Gasteiger partial charge in [-0.2, -0.15) is 0 Å². The molecular weight excluding hydrogens is 310 g/mol. The Balaban J connectivity index is 2.21. The molecule has 1 saturated heterocycles. The molecule has 0 bridgehead atoms. The summed E-state index contributed by atoms with van der Waals surface area (Å²) in [6, 6.07) is 8.55. The van der Waals surface area contributed by atoms with Crippen LogP contribution in [0.5, 0.6) is 0 Å². The molecule has 0 saturated carbocycles. The number of hydrogen-bond acceptors (Lipinski definition) is 5. The molecule has 1 aliphatic rings. The van der Waals surface area contributed by atoms with Crippen LogP contribution in [0.25, 0.3) is 0 Å². The van der Waals surface area contributed by atoms with Crippen molar-refractivity contribution in [2.45, 2.75) is 45.3 Å². The average Bonchev–Trinajstić information content (AvgIpc) is 2.83. The van der Waals surface area contributed by atoms with Gasteiger partial charge < -0.3 is 9.47 Å². The van der Waals surface area contributed by atoms with Gasteiger partial charge in [0, 0.05) is 5.92 Å². The van der Waals surface area contributed by atoms with Crippen LogP contribution in [0.3, 0.4) is 0 Å². The van der Waals surface area contributed by atoms with Gasteiger partial charge in [-0.25, -0.2) is 14.5 Å². The normalized spacial score (nSPS) is 20.8. The molecule has 0 aromatic heterocycles. The first kappa shape index (κ1) is 18.0. The Morgan fingerprint density at radius 2 is 1.83 bits per heavy atom. The monoisotopic (exact) mass is 333 g/mol. The van der Waals surface area contributed by atoms with E-state index in [9.17, 15) is 14.4 Å². The lowest BCUT2D eigenvalue weighted by Crippen LogP contribution is -2.46. The molecule has 0 radical (unpaired) electrons. The van der Waals surface area contributed by atoms with Crippen molar-refractivity contribution >= 4 is 18.0 Å². The van der Waals surface area contributed by atoms with Crippen molar-refractivity contribution in [3.8, 4) is 0 Å². The smallest absolute Gasteiger partial charge is 0.417 e. The predicted molar refractivity (Wildman–Crippen MR) is 87.1 cm³/mol. The second-order valence-electron chi connectivity index (χ2n) is 6.85. The summed E-state index contributed by atoms with van der Waals surface area (Å²) < 4.78 is 10.0. The molecule has 2 atom stereocenters. The second kappa shape index (κ2) is 7.03. The lowest BCUT2D eigenvalue weighted by atomic mass is 9.96. The molecule has 1 aromatic carbocycles. The summed E-state index contributed by atoms with van der Waals surface area (Å²) in [5.41, 5.74) is 0.223. The lowest BCUT2D eigenvalue weighted by Gasteiger charge is -2.26. The van der Waals surface area contributed by atoms with E-state index in [0.717, 1.165) is 10.5 Å².